The van der Waals surface area contributed by atoms with Crippen molar-refractivity contribution in [2.45, 2.75) is 39.5 Å². The van der Waals surface area contributed by atoms with Gasteiger partial charge in [-0.2, -0.15) is 0 Å². The lowest BCUT2D eigenvalue weighted by Crippen LogP contribution is -2.49. The number of nitrogens with zero attached hydrogens (tertiary/aromatic N) is 2. The number of rotatable bonds is 0. The zero-order valence-electron chi connectivity index (χ0n) is 11.5. The maximum absolute atomic E-state index is 12.1. The third-order valence-corrected chi connectivity index (χ3v) is 4.32. The summed E-state index contributed by atoms with van der Waals surface area (Å²) in [6.07, 6.45) is 4.10. The lowest BCUT2D eigenvalue weighted by Gasteiger charge is -2.34. The van der Waals surface area contributed by atoms with E-state index in [1.54, 1.807) is 9.80 Å². The molecule has 2 heterocycles. The van der Waals surface area contributed by atoms with E-state index >= 15 is 0 Å². The number of hydrogen-bond acceptors (Lipinski definition) is 2. The third-order valence-electron chi connectivity index (χ3n) is 4.32. The van der Waals surface area contributed by atoms with Crippen molar-refractivity contribution in [1.29, 1.82) is 0 Å². The van der Waals surface area contributed by atoms with E-state index in [9.17, 15) is 9.59 Å². The molecule has 0 saturated carbocycles. The summed E-state index contributed by atoms with van der Waals surface area (Å²) in [6, 6.07) is 0. The van der Waals surface area contributed by atoms with Gasteiger partial charge in [0.1, 0.15) is 0 Å². The number of likely N-dealkylation sites (tertiary alicyclic amines) is 2. The molecule has 0 aromatic rings. The molecule has 0 aliphatic carbocycles. The zero-order valence-corrected chi connectivity index (χ0v) is 11.5. The number of amides is 2. The highest BCUT2D eigenvalue weighted by Crippen LogP contribution is 2.19. The van der Waals surface area contributed by atoms with Crippen molar-refractivity contribution < 1.29 is 9.59 Å². The van der Waals surface area contributed by atoms with Crippen LogP contribution in [0, 0.1) is 11.8 Å². The van der Waals surface area contributed by atoms with E-state index in [4.69, 9.17) is 0 Å². The van der Waals surface area contributed by atoms with Gasteiger partial charge in [0.25, 0.3) is 0 Å². The summed E-state index contributed by atoms with van der Waals surface area (Å²) in [6.45, 7) is 7.39. The fourth-order valence-electron chi connectivity index (χ4n) is 2.69. The Bertz CT molecular complexity index is 282. The fraction of sp³-hybridized carbons (Fsp3) is 0.857. The van der Waals surface area contributed by atoms with Gasteiger partial charge in [-0.25, -0.2) is 0 Å². The predicted octanol–water partition coefficient (Wildman–Crippen LogP) is 1.50. The SMILES string of the molecule is CC1CCN(C(=O)C(=O)N2CCC(C)CC2)CC1. The van der Waals surface area contributed by atoms with Gasteiger partial charge in [0.05, 0.1) is 0 Å². The van der Waals surface area contributed by atoms with Crippen molar-refractivity contribution in [3.63, 3.8) is 0 Å². The average molecular weight is 252 g/mol. The molecule has 18 heavy (non-hydrogen) atoms. The van der Waals surface area contributed by atoms with Gasteiger partial charge in [-0.15, -0.1) is 0 Å². The van der Waals surface area contributed by atoms with Crippen LogP contribution in [0.3, 0.4) is 0 Å². The summed E-state index contributed by atoms with van der Waals surface area (Å²) < 4.78 is 0. The zero-order chi connectivity index (χ0) is 13.1. The Morgan fingerprint density at radius 3 is 1.28 bits per heavy atom. The largest absolute Gasteiger partial charge is 0.334 e. The Morgan fingerprint density at radius 1 is 0.722 bits per heavy atom. The second-order valence-corrected chi connectivity index (χ2v) is 5.95. The monoisotopic (exact) mass is 252 g/mol. The van der Waals surface area contributed by atoms with Crippen LogP contribution in [0.15, 0.2) is 0 Å². The molecule has 0 radical (unpaired) electrons. The first-order valence-electron chi connectivity index (χ1n) is 7.16. The molecule has 2 fully saturated rings. The topological polar surface area (TPSA) is 40.6 Å². The van der Waals surface area contributed by atoms with E-state index in [2.05, 4.69) is 13.8 Å². The molecule has 2 aliphatic rings. The molecule has 0 unspecified atom stereocenters. The van der Waals surface area contributed by atoms with Crippen molar-refractivity contribution in [3.8, 4) is 0 Å². The highest BCUT2D eigenvalue weighted by atomic mass is 16.2. The van der Waals surface area contributed by atoms with Crippen LogP contribution in [0.25, 0.3) is 0 Å². The summed E-state index contributed by atoms with van der Waals surface area (Å²) in [4.78, 5) is 27.7. The van der Waals surface area contributed by atoms with Gasteiger partial charge >= 0.3 is 11.8 Å². The van der Waals surface area contributed by atoms with E-state index in [0.717, 1.165) is 51.9 Å². The van der Waals surface area contributed by atoms with Crippen LogP contribution in [-0.2, 0) is 9.59 Å². The second kappa shape index (κ2) is 5.72. The van der Waals surface area contributed by atoms with Gasteiger partial charge in [-0.3, -0.25) is 9.59 Å². The van der Waals surface area contributed by atoms with E-state index < -0.39 is 0 Å². The van der Waals surface area contributed by atoms with E-state index in [1.165, 1.54) is 0 Å². The highest BCUT2D eigenvalue weighted by Gasteiger charge is 2.30. The van der Waals surface area contributed by atoms with Crippen LogP contribution in [0.2, 0.25) is 0 Å². The van der Waals surface area contributed by atoms with Gasteiger partial charge in [-0.1, -0.05) is 13.8 Å². The van der Waals surface area contributed by atoms with Crippen LogP contribution in [-0.4, -0.2) is 47.8 Å². The predicted molar refractivity (Wildman–Crippen MR) is 70.0 cm³/mol. The molecule has 0 bridgehead atoms. The van der Waals surface area contributed by atoms with Crippen LogP contribution >= 0.6 is 0 Å². The molecule has 0 aromatic heterocycles. The Hall–Kier alpha value is -1.06. The van der Waals surface area contributed by atoms with Crippen molar-refractivity contribution in [1.82, 2.24) is 9.80 Å². The van der Waals surface area contributed by atoms with Gasteiger partial charge < -0.3 is 9.80 Å². The standard InChI is InChI=1S/C14H24N2O2/c1-11-3-7-15(8-4-11)13(17)14(18)16-9-5-12(2)6-10-16/h11-12H,3-10H2,1-2H3. The number of carbonyl (C=O) groups is 2. The normalized spacial score (nSPS) is 23.2. The Kier molecular flexibility index (Phi) is 4.25. The number of hydrogen-bond donors (Lipinski definition) is 0. The van der Waals surface area contributed by atoms with Crippen LogP contribution in [0.4, 0.5) is 0 Å². The van der Waals surface area contributed by atoms with E-state index in [-0.39, 0.29) is 11.8 Å². The maximum atomic E-state index is 12.1. The van der Waals surface area contributed by atoms with Gasteiger partial charge in [0.2, 0.25) is 0 Å². The van der Waals surface area contributed by atoms with Crippen molar-refractivity contribution >= 4 is 11.8 Å². The molecule has 102 valence electrons. The summed E-state index contributed by atoms with van der Waals surface area (Å²) in [7, 11) is 0. The second-order valence-electron chi connectivity index (χ2n) is 5.95. The molecular weight excluding hydrogens is 228 g/mol. The van der Waals surface area contributed by atoms with Crippen molar-refractivity contribution in [3.05, 3.63) is 0 Å². The van der Waals surface area contributed by atoms with Crippen molar-refractivity contribution in [2.75, 3.05) is 26.2 Å². The summed E-state index contributed by atoms with van der Waals surface area (Å²) in [5, 5.41) is 0. The van der Waals surface area contributed by atoms with Crippen LogP contribution in [0.1, 0.15) is 39.5 Å². The van der Waals surface area contributed by atoms with Crippen LogP contribution < -0.4 is 0 Å². The lowest BCUT2D eigenvalue weighted by molar-refractivity contribution is -0.153. The molecule has 4 nitrogen and oxygen atoms in total. The smallest absolute Gasteiger partial charge is 0.312 e. The average Bonchev–Trinajstić information content (AvgIpc) is 2.39. The summed E-state index contributed by atoms with van der Waals surface area (Å²) >= 11 is 0. The minimum Gasteiger partial charge on any atom is -0.334 e. The van der Waals surface area contributed by atoms with Crippen LogP contribution in [0.5, 0.6) is 0 Å². The first-order valence-corrected chi connectivity index (χ1v) is 7.16. The van der Waals surface area contributed by atoms with Gasteiger partial charge in [0, 0.05) is 26.2 Å². The molecule has 2 rings (SSSR count). The van der Waals surface area contributed by atoms with Crippen molar-refractivity contribution in [2.24, 2.45) is 11.8 Å². The number of piperidine rings is 2. The molecule has 0 N–H and O–H groups in total. The quantitative estimate of drug-likeness (QED) is 0.613. The third kappa shape index (κ3) is 3.03. The van der Waals surface area contributed by atoms with Gasteiger partial charge in [0.15, 0.2) is 0 Å². The Balaban J connectivity index is 1.86. The fourth-order valence-corrected chi connectivity index (χ4v) is 2.69. The lowest BCUT2D eigenvalue weighted by atomic mass is 9.98. The summed E-state index contributed by atoms with van der Waals surface area (Å²) in [5.41, 5.74) is 0. The molecule has 0 aromatic carbocycles. The summed E-state index contributed by atoms with van der Waals surface area (Å²) in [5.74, 6) is 0.799. The number of carbonyl (C=O) groups excluding carboxylic acids is 2. The van der Waals surface area contributed by atoms with E-state index in [0.29, 0.717) is 11.8 Å². The molecule has 2 amide bonds. The Labute approximate surface area is 109 Å². The molecule has 0 atom stereocenters. The molecule has 4 heteroatoms. The minimum atomic E-state index is -0.281. The first-order chi connectivity index (χ1) is 8.58. The Morgan fingerprint density at radius 2 is 1.00 bits per heavy atom. The first kappa shape index (κ1) is 13.4. The highest BCUT2D eigenvalue weighted by molar-refractivity contribution is 6.34. The minimum absolute atomic E-state index is 0.281. The van der Waals surface area contributed by atoms with E-state index in [1.807, 2.05) is 0 Å². The van der Waals surface area contributed by atoms with Gasteiger partial charge in [-0.05, 0) is 37.5 Å². The molecule has 2 saturated heterocycles. The maximum Gasteiger partial charge on any atom is 0.312 e. The molecule has 2 aliphatic heterocycles. The molecule has 0 spiro atoms. The molecular formula is C14H24N2O2.